The Morgan fingerprint density at radius 3 is 2.12 bits per heavy atom. The van der Waals surface area contributed by atoms with Gasteiger partial charge < -0.3 is 20.1 Å². The summed E-state index contributed by atoms with van der Waals surface area (Å²) in [4.78, 5) is 38.5. The number of benzene rings is 2. The second-order valence-corrected chi connectivity index (χ2v) is 8.52. The van der Waals surface area contributed by atoms with Crippen LogP contribution in [0.1, 0.15) is 49.7 Å². The molecule has 0 radical (unpaired) electrons. The fourth-order valence-corrected chi connectivity index (χ4v) is 4.77. The van der Waals surface area contributed by atoms with E-state index in [1.807, 2.05) is 36.4 Å². The molecular formula is C25H28N2O5. The van der Waals surface area contributed by atoms with E-state index in [4.69, 9.17) is 4.74 Å². The standard InChI is InChI=1S/C25H28N2O5/c1-3-21(22(28)27(2)25(23(29)30)13-8-14-25)26-24(31)32-15-20-18-11-6-4-9-16(18)17-10-5-7-12-19(17)20/h4-7,9-12,20-21H,3,8,13-15H2,1-2H3,(H,26,31)(H,29,30)/t21-/m1/s1. The van der Waals surface area contributed by atoms with Crippen LogP contribution < -0.4 is 5.32 Å². The Bertz CT molecular complexity index is 1000. The van der Waals surface area contributed by atoms with E-state index < -0.39 is 29.6 Å². The van der Waals surface area contributed by atoms with Crippen molar-refractivity contribution in [3.63, 3.8) is 0 Å². The number of amides is 2. The van der Waals surface area contributed by atoms with Gasteiger partial charge in [-0.25, -0.2) is 9.59 Å². The van der Waals surface area contributed by atoms with Gasteiger partial charge in [-0.15, -0.1) is 0 Å². The second kappa shape index (κ2) is 8.65. The normalized spacial score (nSPS) is 16.8. The van der Waals surface area contributed by atoms with Gasteiger partial charge in [0.25, 0.3) is 0 Å². The molecular weight excluding hydrogens is 408 g/mol. The number of rotatable bonds is 7. The lowest BCUT2D eigenvalue weighted by Crippen LogP contribution is -2.63. The number of hydrogen-bond acceptors (Lipinski definition) is 4. The lowest BCUT2D eigenvalue weighted by Gasteiger charge is -2.45. The number of carbonyl (C=O) groups excluding carboxylic acids is 2. The van der Waals surface area contributed by atoms with Gasteiger partial charge in [-0.2, -0.15) is 0 Å². The van der Waals surface area contributed by atoms with Gasteiger partial charge >= 0.3 is 12.1 Å². The van der Waals surface area contributed by atoms with Crippen LogP contribution in [0.15, 0.2) is 48.5 Å². The zero-order valence-electron chi connectivity index (χ0n) is 18.3. The highest BCUT2D eigenvalue weighted by molar-refractivity contribution is 5.91. The van der Waals surface area contributed by atoms with Crippen molar-refractivity contribution in [1.82, 2.24) is 10.2 Å². The van der Waals surface area contributed by atoms with Gasteiger partial charge in [0.15, 0.2) is 0 Å². The van der Waals surface area contributed by atoms with E-state index >= 15 is 0 Å². The monoisotopic (exact) mass is 436 g/mol. The van der Waals surface area contributed by atoms with Crippen LogP contribution in [0.25, 0.3) is 11.1 Å². The first-order valence-electron chi connectivity index (χ1n) is 11.0. The van der Waals surface area contributed by atoms with E-state index in [1.54, 1.807) is 6.92 Å². The summed E-state index contributed by atoms with van der Waals surface area (Å²) >= 11 is 0. The summed E-state index contributed by atoms with van der Waals surface area (Å²) in [6.45, 7) is 1.92. The molecule has 7 heteroatoms. The fourth-order valence-electron chi connectivity index (χ4n) is 4.77. The molecule has 1 atom stereocenters. The van der Waals surface area contributed by atoms with E-state index in [9.17, 15) is 19.5 Å². The molecule has 2 N–H and O–H groups in total. The fraction of sp³-hybridized carbons (Fsp3) is 0.400. The number of aliphatic carboxylic acids is 1. The third-order valence-electron chi connectivity index (χ3n) is 6.89. The van der Waals surface area contributed by atoms with E-state index in [-0.39, 0.29) is 12.5 Å². The Kier molecular flexibility index (Phi) is 5.91. The van der Waals surface area contributed by atoms with Crippen LogP contribution in [0.4, 0.5) is 4.79 Å². The number of alkyl carbamates (subject to hydrolysis) is 1. The molecule has 0 saturated heterocycles. The van der Waals surface area contributed by atoms with Gasteiger partial charge in [0.05, 0.1) is 0 Å². The smallest absolute Gasteiger partial charge is 0.407 e. The zero-order valence-corrected chi connectivity index (χ0v) is 18.3. The quantitative estimate of drug-likeness (QED) is 0.689. The molecule has 32 heavy (non-hydrogen) atoms. The minimum absolute atomic E-state index is 0.0724. The lowest BCUT2D eigenvalue weighted by atomic mass is 9.75. The molecule has 0 heterocycles. The topological polar surface area (TPSA) is 95.9 Å². The molecule has 1 fully saturated rings. The predicted octanol–water partition coefficient (Wildman–Crippen LogP) is 3.77. The molecule has 0 aliphatic heterocycles. The first-order chi connectivity index (χ1) is 15.4. The molecule has 7 nitrogen and oxygen atoms in total. The molecule has 0 aromatic heterocycles. The predicted molar refractivity (Wildman–Crippen MR) is 119 cm³/mol. The third kappa shape index (κ3) is 3.61. The molecule has 2 amide bonds. The largest absolute Gasteiger partial charge is 0.479 e. The highest BCUT2D eigenvalue weighted by atomic mass is 16.5. The molecule has 0 unspecified atom stereocenters. The number of hydrogen-bond donors (Lipinski definition) is 2. The van der Waals surface area contributed by atoms with Crippen molar-refractivity contribution in [2.24, 2.45) is 0 Å². The molecule has 0 bridgehead atoms. The van der Waals surface area contributed by atoms with Gasteiger partial charge in [0.2, 0.25) is 5.91 Å². The number of fused-ring (bicyclic) bond motifs is 3. The van der Waals surface area contributed by atoms with Crippen molar-refractivity contribution in [2.75, 3.05) is 13.7 Å². The third-order valence-corrected chi connectivity index (χ3v) is 6.89. The second-order valence-electron chi connectivity index (χ2n) is 8.52. The van der Waals surface area contributed by atoms with Gasteiger partial charge in [-0.3, -0.25) is 4.79 Å². The Morgan fingerprint density at radius 1 is 1.09 bits per heavy atom. The van der Waals surface area contributed by atoms with Gasteiger partial charge in [0.1, 0.15) is 18.2 Å². The van der Waals surface area contributed by atoms with Crippen molar-refractivity contribution in [2.45, 2.75) is 50.1 Å². The van der Waals surface area contributed by atoms with Gasteiger partial charge in [0, 0.05) is 13.0 Å². The van der Waals surface area contributed by atoms with Gasteiger partial charge in [-0.05, 0) is 47.9 Å². The van der Waals surface area contributed by atoms with Gasteiger partial charge in [-0.1, -0.05) is 55.5 Å². The summed E-state index contributed by atoms with van der Waals surface area (Å²) in [6, 6.07) is 15.3. The Balaban J connectivity index is 1.41. The molecule has 2 aliphatic carbocycles. The summed E-state index contributed by atoms with van der Waals surface area (Å²) in [5.41, 5.74) is 3.32. The SMILES string of the molecule is CC[C@@H](NC(=O)OCC1c2ccccc2-c2ccccc21)C(=O)N(C)C1(C(=O)O)CCC1. The van der Waals surface area contributed by atoms with Crippen LogP contribution in [0.5, 0.6) is 0 Å². The molecule has 4 rings (SSSR count). The average Bonchev–Trinajstić information content (AvgIpc) is 3.08. The maximum Gasteiger partial charge on any atom is 0.407 e. The molecule has 2 aromatic carbocycles. The summed E-state index contributed by atoms with van der Waals surface area (Å²) in [5.74, 6) is -1.49. The Hall–Kier alpha value is -3.35. The Labute approximate surface area is 187 Å². The maximum absolute atomic E-state index is 12.9. The summed E-state index contributed by atoms with van der Waals surface area (Å²) in [7, 11) is 1.50. The first-order valence-corrected chi connectivity index (χ1v) is 11.0. The van der Waals surface area contributed by atoms with Crippen LogP contribution in [0, 0.1) is 0 Å². The summed E-state index contributed by atoms with van der Waals surface area (Å²) in [5, 5.41) is 12.2. The van der Waals surface area contributed by atoms with Crippen LogP contribution >= 0.6 is 0 Å². The first kappa shape index (κ1) is 21.9. The Morgan fingerprint density at radius 2 is 1.66 bits per heavy atom. The van der Waals surface area contributed by atoms with Crippen molar-refractivity contribution in [1.29, 1.82) is 0 Å². The number of carbonyl (C=O) groups is 3. The molecule has 0 spiro atoms. The zero-order chi connectivity index (χ0) is 22.9. The number of nitrogens with one attached hydrogen (secondary N) is 1. The molecule has 168 valence electrons. The highest BCUT2D eigenvalue weighted by Crippen LogP contribution is 2.44. The maximum atomic E-state index is 12.9. The van der Waals surface area contributed by atoms with E-state index in [1.165, 1.54) is 11.9 Å². The minimum atomic E-state index is -1.17. The van der Waals surface area contributed by atoms with E-state index in [0.717, 1.165) is 28.7 Å². The van der Waals surface area contributed by atoms with Crippen molar-refractivity contribution in [3.05, 3.63) is 59.7 Å². The summed E-state index contributed by atoms with van der Waals surface area (Å²) in [6.07, 6.45) is 1.26. The average molecular weight is 437 g/mol. The number of likely N-dealkylation sites (N-methyl/N-ethyl adjacent to an activating group) is 1. The molecule has 2 aromatic rings. The number of carboxylic acids is 1. The van der Waals surface area contributed by atoms with E-state index in [2.05, 4.69) is 17.4 Å². The van der Waals surface area contributed by atoms with E-state index in [0.29, 0.717) is 19.3 Å². The minimum Gasteiger partial charge on any atom is -0.479 e. The summed E-state index contributed by atoms with van der Waals surface area (Å²) < 4.78 is 5.54. The molecule has 1 saturated carbocycles. The van der Waals surface area contributed by atoms with Crippen molar-refractivity contribution in [3.8, 4) is 11.1 Å². The molecule has 2 aliphatic rings. The van der Waals surface area contributed by atoms with Crippen molar-refractivity contribution < 1.29 is 24.2 Å². The van der Waals surface area contributed by atoms with Crippen LogP contribution in [-0.4, -0.2) is 53.2 Å². The van der Waals surface area contributed by atoms with Crippen molar-refractivity contribution >= 4 is 18.0 Å². The van der Waals surface area contributed by atoms with Crippen LogP contribution in [0.3, 0.4) is 0 Å². The number of carboxylic acid groups (broad SMARTS) is 1. The lowest BCUT2D eigenvalue weighted by molar-refractivity contribution is -0.165. The number of nitrogens with zero attached hydrogens (tertiary/aromatic N) is 1. The van der Waals surface area contributed by atoms with Crippen LogP contribution in [0.2, 0.25) is 0 Å². The highest BCUT2D eigenvalue weighted by Gasteiger charge is 2.50. The van der Waals surface area contributed by atoms with Crippen LogP contribution in [-0.2, 0) is 14.3 Å². The number of ether oxygens (including phenoxy) is 1.